The molecule has 3 rings (SSSR count). The van der Waals surface area contributed by atoms with E-state index in [-0.39, 0.29) is 5.69 Å². The Morgan fingerprint density at radius 2 is 1.80 bits per heavy atom. The fraction of sp³-hybridized carbons (Fsp3) is 0. The van der Waals surface area contributed by atoms with Gasteiger partial charge in [-0.2, -0.15) is 0 Å². The molecule has 1 aromatic heterocycles. The van der Waals surface area contributed by atoms with Gasteiger partial charge in [0.15, 0.2) is 0 Å². The van der Waals surface area contributed by atoms with E-state index in [1.165, 1.54) is 6.07 Å². The van der Waals surface area contributed by atoms with E-state index in [4.69, 9.17) is 4.42 Å². The summed E-state index contributed by atoms with van der Waals surface area (Å²) < 4.78 is 5.59. The number of rotatable bonds is 3. The van der Waals surface area contributed by atoms with Crippen molar-refractivity contribution in [3.63, 3.8) is 0 Å². The quantitative estimate of drug-likeness (QED) is 0.517. The average Bonchev–Trinajstić information content (AvgIpc) is 2.88. The number of hydrogen-bond donors (Lipinski definition) is 0. The summed E-state index contributed by atoms with van der Waals surface area (Å²) in [6.07, 6.45) is 3.71. The molecule has 1 heterocycles. The maximum Gasteiger partial charge on any atom is 0.280 e. The normalized spacial score (nSPS) is 11.2. The molecule has 2 aromatic carbocycles. The topological polar surface area (TPSA) is 56.3 Å². The van der Waals surface area contributed by atoms with Crippen molar-refractivity contribution in [3.05, 3.63) is 76.0 Å². The molecule has 0 spiro atoms. The lowest BCUT2D eigenvalue weighted by Crippen LogP contribution is -1.86. The van der Waals surface area contributed by atoms with Gasteiger partial charge >= 0.3 is 0 Å². The first-order chi connectivity index (χ1) is 9.74. The number of non-ortho nitro benzene ring substituents is 1. The lowest BCUT2D eigenvalue weighted by atomic mass is 10.2. The first-order valence-corrected chi connectivity index (χ1v) is 6.14. The molecule has 0 saturated carbocycles. The van der Waals surface area contributed by atoms with Gasteiger partial charge in [0.25, 0.3) is 5.69 Å². The van der Waals surface area contributed by atoms with Crippen LogP contribution in [0.15, 0.2) is 59.0 Å². The van der Waals surface area contributed by atoms with Gasteiger partial charge in [0.1, 0.15) is 11.3 Å². The number of fused-ring (bicyclic) bond motifs is 1. The van der Waals surface area contributed by atoms with Crippen LogP contribution >= 0.6 is 0 Å². The van der Waals surface area contributed by atoms with Crippen molar-refractivity contribution in [2.45, 2.75) is 0 Å². The molecular formula is C16H11NO3. The van der Waals surface area contributed by atoms with Crippen LogP contribution in [-0.2, 0) is 0 Å². The highest BCUT2D eigenvalue weighted by Crippen LogP contribution is 2.29. The molecule has 0 aliphatic heterocycles. The molecule has 0 bridgehead atoms. The van der Waals surface area contributed by atoms with E-state index in [1.807, 2.05) is 36.4 Å². The monoisotopic (exact) mass is 265 g/mol. The standard InChI is InChI=1S/C16H11NO3/c18-17(19)15-7-4-8-16-14(15)11-13(20-16)10-9-12-5-2-1-3-6-12/h1-11H/b10-9+. The molecule has 98 valence electrons. The summed E-state index contributed by atoms with van der Waals surface area (Å²) in [5, 5.41) is 11.5. The minimum absolute atomic E-state index is 0.0608. The summed E-state index contributed by atoms with van der Waals surface area (Å²) in [5.41, 5.74) is 1.62. The Morgan fingerprint density at radius 3 is 2.55 bits per heavy atom. The maximum atomic E-state index is 10.9. The fourth-order valence-corrected chi connectivity index (χ4v) is 2.05. The summed E-state index contributed by atoms with van der Waals surface area (Å²) in [7, 11) is 0. The molecule has 0 amide bonds. The summed E-state index contributed by atoms with van der Waals surface area (Å²) in [6, 6.07) is 16.3. The Morgan fingerprint density at radius 1 is 1.00 bits per heavy atom. The zero-order chi connectivity index (χ0) is 13.9. The second kappa shape index (κ2) is 5.01. The first kappa shape index (κ1) is 12.2. The van der Waals surface area contributed by atoms with E-state index < -0.39 is 4.92 Å². The highest BCUT2D eigenvalue weighted by Gasteiger charge is 2.14. The van der Waals surface area contributed by atoms with Crippen LogP contribution < -0.4 is 0 Å². The third kappa shape index (κ3) is 2.31. The van der Waals surface area contributed by atoms with Crippen molar-refractivity contribution < 1.29 is 9.34 Å². The van der Waals surface area contributed by atoms with Crippen LogP contribution in [0.25, 0.3) is 23.1 Å². The molecule has 20 heavy (non-hydrogen) atoms. The summed E-state index contributed by atoms with van der Waals surface area (Å²) in [4.78, 5) is 10.5. The first-order valence-electron chi connectivity index (χ1n) is 6.14. The highest BCUT2D eigenvalue weighted by atomic mass is 16.6. The zero-order valence-electron chi connectivity index (χ0n) is 10.5. The van der Waals surface area contributed by atoms with Crippen molar-refractivity contribution in [1.82, 2.24) is 0 Å². The average molecular weight is 265 g/mol. The van der Waals surface area contributed by atoms with Gasteiger partial charge in [-0.1, -0.05) is 42.5 Å². The van der Waals surface area contributed by atoms with Crippen LogP contribution in [0.1, 0.15) is 11.3 Å². The molecule has 4 heteroatoms. The van der Waals surface area contributed by atoms with Crippen molar-refractivity contribution in [2.24, 2.45) is 0 Å². The van der Waals surface area contributed by atoms with Crippen LogP contribution in [0.5, 0.6) is 0 Å². The van der Waals surface area contributed by atoms with E-state index in [9.17, 15) is 10.1 Å². The van der Waals surface area contributed by atoms with E-state index >= 15 is 0 Å². The van der Waals surface area contributed by atoms with Crippen molar-refractivity contribution >= 4 is 28.8 Å². The van der Waals surface area contributed by atoms with Crippen LogP contribution in [0, 0.1) is 10.1 Å². The Kier molecular flexibility index (Phi) is 3.05. The number of benzene rings is 2. The van der Waals surface area contributed by atoms with E-state index in [0.29, 0.717) is 16.7 Å². The Bertz CT molecular complexity index is 788. The van der Waals surface area contributed by atoms with E-state index in [1.54, 1.807) is 24.3 Å². The number of nitrogens with zero attached hydrogens (tertiary/aromatic N) is 1. The van der Waals surface area contributed by atoms with Gasteiger partial charge in [0.05, 0.1) is 10.3 Å². The number of nitro benzene ring substituents is 1. The molecule has 0 unspecified atom stereocenters. The third-order valence-corrected chi connectivity index (χ3v) is 2.99. The van der Waals surface area contributed by atoms with Crippen LogP contribution in [0.4, 0.5) is 5.69 Å². The number of nitro groups is 1. The summed E-state index contributed by atoms with van der Waals surface area (Å²) in [5.74, 6) is 0.596. The predicted molar refractivity (Wildman–Crippen MR) is 78.2 cm³/mol. The summed E-state index contributed by atoms with van der Waals surface area (Å²) in [6.45, 7) is 0. The smallest absolute Gasteiger partial charge is 0.280 e. The van der Waals surface area contributed by atoms with Crippen LogP contribution in [0.3, 0.4) is 0 Å². The Balaban J connectivity index is 2.00. The van der Waals surface area contributed by atoms with Crippen LogP contribution in [0.2, 0.25) is 0 Å². The molecule has 3 aromatic rings. The van der Waals surface area contributed by atoms with Gasteiger partial charge in [0, 0.05) is 6.07 Å². The largest absolute Gasteiger partial charge is 0.456 e. The second-order valence-electron chi connectivity index (χ2n) is 4.34. The van der Waals surface area contributed by atoms with Crippen molar-refractivity contribution in [1.29, 1.82) is 0 Å². The minimum atomic E-state index is -0.400. The molecule has 0 N–H and O–H groups in total. The molecule has 0 fully saturated rings. The van der Waals surface area contributed by atoms with E-state index in [0.717, 1.165) is 5.56 Å². The lowest BCUT2D eigenvalue weighted by molar-refractivity contribution is -0.383. The van der Waals surface area contributed by atoms with Gasteiger partial charge < -0.3 is 4.42 Å². The second-order valence-corrected chi connectivity index (χ2v) is 4.34. The molecule has 0 saturated heterocycles. The number of hydrogen-bond acceptors (Lipinski definition) is 3. The van der Waals surface area contributed by atoms with Gasteiger partial charge in [-0.25, -0.2) is 0 Å². The maximum absolute atomic E-state index is 10.9. The SMILES string of the molecule is O=[N+]([O-])c1cccc2oc(/C=C/c3ccccc3)cc12. The molecule has 0 aliphatic rings. The highest BCUT2D eigenvalue weighted by molar-refractivity contribution is 5.89. The molecular weight excluding hydrogens is 254 g/mol. The molecule has 4 nitrogen and oxygen atoms in total. The van der Waals surface area contributed by atoms with E-state index in [2.05, 4.69) is 0 Å². The van der Waals surface area contributed by atoms with Gasteiger partial charge in [0.2, 0.25) is 0 Å². The fourth-order valence-electron chi connectivity index (χ4n) is 2.05. The van der Waals surface area contributed by atoms with Crippen LogP contribution in [-0.4, -0.2) is 4.92 Å². The van der Waals surface area contributed by atoms with Gasteiger partial charge in [-0.15, -0.1) is 0 Å². The zero-order valence-corrected chi connectivity index (χ0v) is 10.5. The lowest BCUT2D eigenvalue weighted by Gasteiger charge is -1.90. The molecule has 0 radical (unpaired) electrons. The minimum Gasteiger partial charge on any atom is -0.456 e. The van der Waals surface area contributed by atoms with Crippen molar-refractivity contribution in [3.8, 4) is 0 Å². The van der Waals surface area contributed by atoms with Crippen molar-refractivity contribution in [2.75, 3.05) is 0 Å². The van der Waals surface area contributed by atoms with Gasteiger partial charge in [-0.05, 0) is 23.8 Å². The molecule has 0 aliphatic carbocycles. The Hall–Kier alpha value is -2.88. The third-order valence-electron chi connectivity index (χ3n) is 2.99. The summed E-state index contributed by atoms with van der Waals surface area (Å²) >= 11 is 0. The molecule has 0 atom stereocenters. The van der Waals surface area contributed by atoms with Gasteiger partial charge in [-0.3, -0.25) is 10.1 Å². The number of furan rings is 1. The Labute approximate surface area is 115 Å². The predicted octanol–water partition coefficient (Wildman–Crippen LogP) is 4.51.